The van der Waals surface area contributed by atoms with Gasteiger partial charge in [0.15, 0.2) is 4.87 Å². The first kappa shape index (κ1) is 23.6. The summed E-state index contributed by atoms with van der Waals surface area (Å²) in [6.07, 6.45) is 14.3. The number of halogens is 1. The van der Waals surface area contributed by atoms with Crippen LogP contribution in [0.25, 0.3) is 5.57 Å². The monoisotopic (exact) mass is 485 g/mol. The first-order valence-corrected chi connectivity index (χ1v) is 12.9. The smallest absolute Gasteiger partial charge is 0.249 e. The minimum atomic E-state index is -0.134. The lowest BCUT2D eigenvalue weighted by Crippen LogP contribution is -2.39. The van der Waals surface area contributed by atoms with E-state index in [1.165, 1.54) is 0 Å². The number of rotatable bonds is 5. The number of nitrogens with one attached hydrogen (secondary N) is 2. The Morgan fingerprint density at radius 3 is 2.94 bits per heavy atom. The molecule has 3 unspecified atom stereocenters. The van der Waals surface area contributed by atoms with Crippen LogP contribution in [0.1, 0.15) is 57.6 Å². The standard InChI is InChI=1S/C25H34ClN6O2/c1-17-4-2-6-20(26)19(12-21(17)31-32(33)18-5-3-9-27-14-18)22-15-28-16-24(29-22)30-23-13-25(23)7-10-34-11-8-25/h6,12,15-18,23,27H,2-5,7-11,13-14H2,1H3,(H,29,30)/q+1/b19-12+,20-6+,31-21-. The Hall–Kier alpha value is -2.16. The average molecular weight is 486 g/mol. The zero-order chi connectivity index (χ0) is 23.5. The zero-order valence-corrected chi connectivity index (χ0v) is 20.6. The summed E-state index contributed by atoms with van der Waals surface area (Å²) in [6.45, 7) is 5.41. The number of hydrogen-bond donors (Lipinski definition) is 2. The summed E-state index contributed by atoms with van der Waals surface area (Å²) >= 11 is 6.71. The van der Waals surface area contributed by atoms with Gasteiger partial charge in [-0.25, -0.2) is 4.98 Å². The van der Waals surface area contributed by atoms with Gasteiger partial charge < -0.3 is 15.4 Å². The van der Waals surface area contributed by atoms with Gasteiger partial charge in [0.2, 0.25) is 6.04 Å². The largest absolute Gasteiger partial charge is 0.381 e. The Bertz CT molecular complexity index is 1010. The van der Waals surface area contributed by atoms with Gasteiger partial charge in [0.05, 0.1) is 29.5 Å². The molecule has 1 saturated carbocycles. The highest BCUT2D eigenvalue weighted by molar-refractivity contribution is 6.37. The molecule has 34 heavy (non-hydrogen) atoms. The molecule has 2 saturated heterocycles. The molecule has 1 aromatic heterocycles. The molecule has 182 valence electrons. The first-order valence-electron chi connectivity index (χ1n) is 12.5. The SMILES string of the molecule is CC1CC\C=C(Cl)/C(c2cncc(NC3CC34CCOCC4)n2)=C\C1=N\[N+](=O)C1CCCNC1. The molecule has 1 aromatic rings. The van der Waals surface area contributed by atoms with Crippen LogP contribution < -0.4 is 10.6 Å². The molecule has 2 N–H and O–H groups in total. The summed E-state index contributed by atoms with van der Waals surface area (Å²) in [5.41, 5.74) is 2.53. The third kappa shape index (κ3) is 5.24. The molecule has 0 amide bonds. The van der Waals surface area contributed by atoms with E-state index in [4.69, 9.17) is 21.3 Å². The van der Waals surface area contributed by atoms with Crippen molar-refractivity contribution in [1.29, 1.82) is 0 Å². The minimum Gasteiger partial charge on any atom is -0.381 e. The second kappa shape index (κ2) is 10.2. The summed E-state index contributed by atoms with van der Waals surface area (Å²) in [6, 6.07) is 0.277. The van der Waals surface area contributed by atoms with E-state index in [1.807, 2.05) is 12.2 Å². The van der Waals surface area contributed by atoms with E-state index in [0.29, 0.717) is 28.7 Å². The second-order valence-electron chi connectivity index (χ2n) is 10.1. The van der Waals surface area contributed by atoms with E-state index < -0.39 is 0 Å². The molecule has 3 atom stereocenters. The van der Waals surface area contributed by atoms with E-state index >= 15 is 0 Å². The van der Waals surface area contributed by atoms with Gasteiger partial charge in [-0.1, -0.05) is 24.6 Å². The molecule has 4 aliphatic rings. The average Bonchev–Trinajstić information content (AvgIpc) is 3.51. The van der Waals surface area contributed by atoms with Crippen LogP contribution in [0.15, 0.2) is 34.7 Å². The van der Waals surface area contributed by atoms with Crippen LogP contribution in [-0.4, -0.2) is 58.9 Å². The Labute approximate surface area is 205 Å². The van der Waals surface area contributed by atoms with Crippen molar-refractivity contribution in [3.63, 3.8) is 0 Å². The number of allylic oxidation sites excluding steroid dienone is 4. The van der Waals surface area contributed by atoms with E-state index in [1.54, 1.807) is 12.4 Å². The van der Waals surface area contributed by atoms with Crippen molar-refractivity contribution in [3.05, 3.63) is 40.2 Å². The highest BCUT2D eigenvalue weighted by atomic mass is 35.5. The van der Waals surface area contributed by atoms with Crippen molar-refractivity contribution >= 4 is 28.7 Å². The van der Waals surface area contributed by atoms with E-state index in [-0.39, 0.29) is 12.0 Å². The van der Waals surface area contributed by atoms with Crippen molar-refractivity contribution in [2.75, 3.05) is 31.6 Å². The number of anilines is 1. The maximum Gasteiger partial charge on any atom is 0.249 e. The first-order chi connectivity index (χ1) is 16.5. The molecule has 3 fully saturated rings. The molecule has 1 spiro atoms. The Balaban J connectivity index is 1.39. The molecule has 0 radical (unpaired) electrons. The summed E-state index contributed by atoms with van der Waals surface area (Å²) in [7, 11) is 0. The molecular weight excluding hydrogens is 452 g/mol. The maximum absolute atomic E-state index is 12.8. The number of nitrogens with zero attached hydrogens (tertiary/aromatic N) is 4. The third-order valence-electron chi connectivity index (χ3n) is 7.69. The lowest BCUT2D eigenvalue weighted by atomic mass is 9.94. The van der Waals surface area contributed by atoms with Gasteiger partial charge >= 0.3 is 0 Å². The van der Waals surface area contributed by atoms with Crippen LogP contribution in [0.5, 0.6) is 0 Å². The van der Waals surface area contributed by atoms with Gasteiger partial charge in [-0.15, -0.1) is 0 Å². The van der Waals surface area contributed by atoms with Crippen LogP contribution in [0, 0.1) is 16.2 Å². The maximum atomic E-state index is 12.8. The van der Waals surface area contributed by atoms with Crippen molar-refractivity contribution in [2.45, 2.75) is 64.0 Å². The number of hydrazone groups is 1. The molecule has 5 rings (SSSR count). The Morgan fingerprint density at radius 1 is 1.29 bits per heavy atom. The van der Waals surface area contributed by atoms with Crippen LogP contribution >= 0.6 is 11.6 Å². The van der Waals surface area contributed by atoms with Crippen molar-refractivity contribution in [3.8, 4) is 0 Å². The molecule has 8 nitrogen and oxygen atoms in total. The number of piperidine rings is 1. The second-order valence-corrected chi connectivity index (χ2v) is 10.5. The van der Waals surface area contributed by atoms with E-state index in [0.717, 1.165) is 86.7 Å². The topological polar surface area (TPSA) is 91.5 Å². The lowest BCUT2D eigenvalue weighted by Gasteiger charge is -2.23. The van der Waals surface area contributed by atoms with Crippen molar-refractivity contribution < 1.29 is 9.61 Å². The molecule has 9 heteroatoms. The van der Waals surface area contributed by atoms with E-state index in [9.17, 15) is 4.91 Å². The molecule has 3 heterocycles. The van der Waals surface area contributed by atoms with Crippen molar-refractivity contribution in [2.24, 2.45) is 16.4 Å². The van der Waals surface area contributed by atoms with Crippen LogP contribution in [0.2, 0.25) is 0 Å². The van der Waals surface area contributed by atoms with Crippen LogP contribution in [0.3, 0.4) is 0 Å². The fourth-order valence-corrected chi connectivity index (χ4v) is 5.50. The molecule has 2 aliphatic heterocycles. The Morgan fingerprint density at radius 2 is 2.15 bits per heavy atom. The molecule has 0 bridgehead atoms. The van der Waals surface area contributed by atoms with Gasteiger partial charge in [-0.3, -0.25) is 4.98 Å². The van der Waals surface area contributed by atoms with Gasteiger partial charge in [-0.05, 0) is 56.6 Å². The normalized spacial score (nSPS) is 33.2. The van der Waals surface area contributed by atoms with Gasteiger partial charge in [0.25, 0.3) is 0 Å². The summed E-state index contributed by atoms with van der Waals surface area (Å²) in [5, 5.41) is 12.0. The number of hydrogen-bond acceptors (Lipinski definition) is 6. The highest BCUT2D eigenvalue weighted by Crippen LogP contribution is 2.54. The fraction of sp³-hybridized carbons (Fsp3) is 0.640. The quantitative estimate of drug-likeness (QED) is 0.477. The minimum absolute atomic E-state index is 0.134. The van der Waals surface area contributed by atoms with Crippen LogP contribution in [-0.2, 0) is 4.74 Å². The fourth-order valence-electron chi connectivity index (χ4n) is 5.24. The van der Waals surface area contributed by atoms with Gasteiger partial charge in [0, 0.05) is 47.3 Å². The van der Waals surface area contributed by atoms with Crippen molar-refractivity contribution in [1.82, 2.24) is 15.3 Å². The molecule has 2 aliphatic carbocycles. The zero-order valence-electron chi connectivity index (χ0n) is 19.8. The molecular formula is C25H34ClN6O2+. The molecule has 0 aromatic carbocycles. The van der Waals surface area contributed by atoms with E-state index in [2.05, 4.69) is 27.6 Å². The number of ether oxygens (including phenoxy) is 1. The summed E-state index contributed by atoms with van der Waals surface area (Å²) < 4.78 is 5.54. The van der Waals surface area contributed by atoms with Gasteiger partial charge in [0.1, 0.15) is 11.5 Å². The number of nitroso groups, excluding NO2 is 1. The number of aromatic nitrogens is 2. The summed E-state index contributed by atoms with van der Waals surface area (Å²) in [5.74, 6) is 0.890. The Kier molecular flexibility index (Phi) is 7.09. The van der Waals surface area contributed by atoms with Gasteiger partial charge in [-0.2, -0.15) is 0 Å². The predicted octanol–water partition coefficient (Wildman–Crippen LogP) is 4.28. The van der Waals surface area contributed by atoms with Crippen LogP contribution in [0.4, 0.5) is 5.82 Å². The summed E-state index contributed by atoms with van der Waals surface area (Å²) in [4.78, 5) is 23.0. The highest BCUT2D eigenvalue weighted by Gasteiger charge is 2.54. The third-order valence-corrected chi connectivity index (χ3v) is 8.04. The lowest BCUT2D eigenvalue weighted by molar-refractivity contribution is -0.592. The predicted molar refractivity (Wildman–Crippen MR) is 134 cm³/mol.